The summed E-state index contributed by atoms with van der Waals surface area (Å²) in [7, 11) is 3.59. The van der Waals surface area contributed by atoms with Crippen LogP contribution in [0.2, 0.25) is 0 Å². The summed E-state index contributed by atoms with van der Waals surface area (Å²) in [6.45, 7) is 3.75. The van der Waals surface area contributed by atoms with Gasteiger partial charge in [-0.2, -0.15) is 0 Å². The lowest BCUT2D eigenvalue weighted by Gasteiger charge is -2.32. The van der Waals surface area contributed by atoms with Crippen molar-refractivity contribution in [1.29, 1.82) is 0 Å². The number of benzene rings is 1. The molecule has 150 valence electrons. The molecule has 1 aliphatic rings. The molecule has 4 nitrogen and oxygen atoms in total. The molecule has 0 aliphatic carbocycles. The minimum atomic E-state index is 0.170. The van der Waals surface area contributed by atoms with Gasteiger partial charge < -0.3 is 9.80 Å². The number of thiophene rings is 1. The monoisotopic (exact) mass is 398 g/mol. The lowest BCUT2D eigenvalue weighted by atomic mass is 9.89. The van der Waals surface area contributed by atoms with Crippen molar-refractivity contribution in [2.45, 2.75) is 39.0 Å². The summed E-state index contributed by atoms with van der Waals surface area (Å²) >= 11 is 1.59. The van der Waals surface area contributed by atoms with E-state index in [2.05, 4.69) is 24.3 Å². The van der Waals surface area contributed by atoms with Gasteiger partial charge >= 0.3 is 0 Å². The predicted octanol–water partition coefficient (Wildman–Crippen LogP) is 4.17. The molecule has 1 aromatic heterocycles. The Labute approximate surface area is 172 Å². The minimum Gasteiger partial charge on any atom is -0.349 e. The second-order valence-electron chi connectivity index (χ2n) is 7.95. The molecule has 0 unspecified atom stereocenters. The molecule has 5 heteroatoms. The molecule has 3 rings (SSSR count). The van der Waals surface area contributed by atoms with E-state index in [4.69, 9.17) is 0 Å². The Balaban J connectivity index is 1.45. The van der Waals surface area contributed by atoms with E-state index in [0.717, 1.165) is 43.6 Å². The van der Waals surface area contributed by atoms with Gasteiger partial charge in [0.05, 0.1) is 4.88 Å². The SMILES string of the molecule is Cc1ccc(C(=O)N2CCC(Cc3ccc(CCC(=O)N(C)C)cc3)CC2)s1. The van der Waals surface area contributed by atoms with Crippen LogP contribution in [0.5, 0.6) is 0 Å². The van der Waals surface area contributed by atoms with Crippen LogP contribution in [0.25, 0.3) is 0 Å². The molecule has 1 aliphatic heterocycles. The first-order valence-electron chi connectivity index (χ1n) is 10.1. The summed E-state index contributed by atoms with van der Waals surface area (Å²) in [6.07, 6.45) is 4.55. The number of aryl methyl sites for hydroxylation is 2. The number of piperidine rings is 1. The Morgan fingerprint density at radius 1 is 1.04 bits per heavy atom. The number of nitrogens with zero attached hydrogens (tertiary/aromatic N) is 2. The van der Waals surface area contributed by atoms with Gasteiger partial charge in [0.2, 0.25) is 5.91 Å². The van der Waals surface area contributed by atoms with Crippen molar-refractivity contribution >= 4 is 23.2 Å². The van der Waals surface area contributed by atoms with Crippen molar-refractivity contribution < 1.29 is 9.59 Å². The Morgan fingerprint density at radius 3 is 2.25 bits per heavy atom. The van der Waals surface area contributed by atoms with E-state index in [9.17, 15) is 9.59 Å². The topological polar surface area (TPSA) is 40.6 Å². The zero-order valence-corrected chi connectivity index (χ0v) is 17.9. The van der Waals surface area contributed by atoms with Crippen molar-refractivity contribution in [3.05, 3.63) is 57.3 Å². The molecule has 1 aromatic carbocycles. The fourth-order valence-corrected chi connectivity index (χ4v) is 4.53. The van der Waals surface area contributed by atoms with Gasteiger partial charge in [0.15, 0.2) is 0 Å². The molecule has 0 N–H and O–H groups in total. The van der Waals surface area contributed by atoms with Gasteiger partial charge in [-0.25, -0.2) is 0 Å². The summed E-state index contributed by atoms with van der Waals surface area (Å²) in [5.41, 5.74) is 2.56. The van der Waals surface area contributed by atoms with Crippen LogP contribution in [0.1, 0.15) is 44.9 Å². The quantitative estimate of drug-likeness (QED) is 0.733. The molecule has 1 fully saturated rings. The highest BCUT2D eigenvalue weighted by molar-refractivity contribution is 7.13. The van der Waals surface area contributed by atoms with E-state index < -0.39 is 0 Å². The summed E-state index contributed by atoms with van der Waals surface area (Å²) in [4.78, 5) is 30.0. The third kappa shape index (κ3) is 5.44. The molecule has 2 amide bonds. The Bertz CT molecular complexity index is 802. The summed E-state index contributed by atoms with van der Waals surface area (Å²) in [5.74, 6) is 0.992. The number of amides is 2. The Hall–Kier alpha value is -2.14. The van der Waals surface area contributed by atoms with Crippen molar-refractivity contribution in [3.63, 3.8) is 0 Å². The maximum Gasteiger partial charge on any atom is 0.263 e. The van der Waals surface area contributed by atoms with Crippen LogP contribution < -0.4 is 0 Å². The molecule has 0 atom stereocenters. The maximum absolute atomic E-state index is 12.6. The van der Waals surface area contributed by atoms with E-state index >= 15 is 0 Å². The third-order valence-corrected chi connectivity index (χ3v) is 6.52. The van der Waals surface area contributed by atoms with E-state index in [1.165, 1.54) is 16.0 Å². The highest BCUT2D eigenvalue weighted by atomic mass is 32.1. The van der Waals surface area contributed by atoms with Crippen LogP contribution in [0.15, 0.2) is 36.4 Å². The number of carbonyl (C=O) groups is 2. The maximum atomic E-state index is 12.6. The van der Waals surface area contributed by atoms with Crippen LogP contribution in [-0.2, 0) is 17.6 Å². The fourth-order valence-electron chi connectivity index (χ4n) is 3.70. The smallest absolute Gasteiger partial charge is 0.263 e. The average Bonchev–Trinajstić information content (AvgIpc) is 3.13. The number of likely N-dealkylation sites (tertiary alicyclic amines) is 1. The van der Waals surface area contributed by atoms with Gasteiger partial charge in [0, 0.05) is 38.5 Å². The van der Waals surface area contributed by atoms with Gasteiger partial charge in [0.25, 0.3) is 5.91 Å². The largest absolute Gasteiger partial charge is 0.349 e. The second-order valence-corrected chi connectivity index (χ2v) is 9.24. The van der Waals surface area contributed by atoms with Crippen LogP contribution in [0, 0.1) is 12.8 Å². The highest BCUT2D eigenvalue weighted by Gasteiger charge is 2.24. The first-order chi connectivity index (χ1) is 13.4. The van der Waals surface area contributed by atoms with Crippen molar-refractivity contribution in [1.82, 2.24) is 9.80 Å². The molecule has 0 radical (unpaired) electrons. The van der Waals surface area contributed by atoms with E-state index in [1.54, 1.807) is 30.3 Å². The highest BCUT2D eigenvalue weighted by Crippen LogP contribution is 2.25. The van der Waals surface area contributed by atoms with Crippen LogP contribution in [0.3, 0.4) is 0 Å². The Morgan fingerprint density at radius 2 is 1.68 bits per heavy atom. The molecule has 0 saturated carbocycles. The number of hydrogen-bond donors (Lipinski definition) is 0. The molecule has 1 saturated heterocycles. The van der Waals surface area contributed by atoms with Gasteiger partial charge in [-0.15, -0.1) is 11.3 Å². The lowest BCUT2D eigenvalue weighted by molar-refractivity contribution is -0.128. The molecule has 2 heterocycles. The van der Waals surface area contributed by atoms with Crippen LogP contribution in [0.4, 0.5) is 0 Å². The second kappa shape index (κ2) is 9.37. The van der Waals surface area contributed by atoms with Gasteiger partial charge in [-0.3, -0.25) is 9.59 Å². The van der Waals surface area contributed by atoms with Gasteiger partial charge in [0.1, 0.15) is 0 Å². The van der Waals surface area contributed by atoms with Crippen molar-refractivity contribution in [2.75, 3.05) is 27.2 Å². The van der Waals surface area contributed by atoms with Crippen molar-refractivity contribution in [3.8, 4) is 0 Å². The molecule has 0 bridgehead atoms. The van der Waals surface area contributed by atoms with Crippen molar-refractivity contribution in [2.24, 2.45) is 5.92 Å². The number of rotatable bonds is 6. The predicted molar refractivity (Wildman–Crippen MR) is 115 cm³/mol. The zero-order valence-electron chi connectivity index (χ0n) is 17.1. The number of carbonyl (C=O) groups excluding carboxylic acids is 2. The van der Waals surface area contributed by atoms with E-state index in [-0.39, 0.29) is 11.8 Å². The molecule has 0 spiro atoms. The standard InChI is InChI=1S/C23H30N2O2S/c1-17-4-10-21(28-17)23(27)25-14-12-20(13-15-25)16-19-7-5-18(6-8-19)9-11-22(26)24(2)3/h4-8,10,20H,9,11-16H2,1-3H3. The average molecular weight is 399 g/mol. The Kier molecular flexibility index (Phi) is 6.89. The van der Waals surface area contributed by atoms with Crippen LogP contribution in [-0.4, -0.2) is 48.8 Å². The van der Waals surface area contributed by atoms with E-state index in [0.29, 0.717) is 12.3 Å². The first-order valence-corrected chi connectivity index (χ1v) is 10.9. The first kappa shape index (κ1) is 20.6. The van der Waals surface area contributed by atoms with Crippen LogP contribution >= 0.6 is 11.3 Å². The minimum absolute atomic E-state index is 0.170. The zero-order chi connectivity index (χ0) is 20.1. The van der Waals surface area contributed by atoms with Gasteiger partial charge in [-0.05, 0) is 61.8 Å². The molecular formula is C23H30N2O2S. The molecule has 28 heavy (non-hydrogen) atoms. The van der Waals surface area contributed by atoms with E-state index in [1.807, 2.05) is 24.0 Å². The molecular weight excluding hydrogens is 368 g/mol. The fraction of sp³-hybridized carbons (Fsp3) is 0.478. The molecule has 2 aromatic rings. The summed E-state index contributed by atoms with van der Waals surface area (Å²) < 4.78 is 0. The lowest BCUT2D eigenvalue weighted by Crippen LogP contribution is -2.38. The summed E-state index contributed by atoms with van der Waals surface area (Å²) in [6, 6.07) is 12.7. The van der Waals surface area contributed by atoms with Gasteiger partial charge in [-0.1, -0.05) is 24.3 Å². The normalized spacial score (nSPS) is 14.9. The summed E-state index contributed by atoms with van der Waals surface area (Å²) in [5, 5.41) is 0. The third-order valence-electron chi connectivity index (χ3n) is 5.53. The number of hydrogen-bond acceptors (Lipinski definition) is 3.